The average Bonchev–Trinajstić information content (AvgIpc) is 2.97. The van der Waals surface area contributed by atoms with Gasteiger partial charge in [-0.3, -0.25) is 4.98 Å². The fraction of sp³-hybridized carbons (Fsp3) is 0.154. The first-order chi connectivity index (χ1) is 8.33. The summed E-state index contributed by atoms with van der Waals surface area (Å²) in [4.78, 5) is 4.32. The van der Waals surface area contributed by atoms with Gasteiger partial charge in [0.2, 0.25) is 0 Å². The standard InChI is InChI=1S/C13H11NO2S/c15-12(5-9-1-3-16-8-9)10-6-13-11(14-7-10)2-4-17-13/h1-4,6-8,12,15H,5H2. The molecule has 0 amide bonds. The Morgan fingerprint density at radius 2 is 2.35 bits per heavy atom. The first-order valence-corrected chi connectivity index (χ1v) is 6.23. The summed E-state index contributed by atoms with van der Waals surface area (Å²) in [6, 6.07) is 5.84. The Kier molecular flexibility index (Phi) is 2.66. The molecular formula is C13H11NO2S. The van der Waals surface area contributed by atoms with Gasteiger partial charge in [0.15, 0.2) is 0 Å². The van der Waals surface area contributed by atoms with E-state index in [0.717, 1.165) is 21.3 Å². The zero-order valence-corrected chi connectivity index (χ0v) is 9.85. The topological polar surface area (TPSA) is 46.3 Å². The van der Waals surface area contributed by atoms with E-state index in [1.807, 2.05) is 23.6 Å². The molecule has 4 heteroatoms. The van der Waals surface area contributed by atoms with Crippen LogP contribution in [0.2, 0.25) is 0 Å². The van der Waals surface area contributed by atoms with E-state index in [9.17, 15) is 5.11 Å². The minimum Gasteiger partial charge on any atom is -0.472 e. The number of hydrogen-bond acceptors (Lipinski definition) is 4. The maximum absolute atomic E-state index is 10.1. The van der Waals surface area contributed by atoms with Crippen LogP contribution in [0, 0.1) is 0 Å². The average molecular weight is 245 g/mol. The molecule has 0 bridgehead atoms. The quantitative estimate of drug-likeness (QED) is 0.771. The third-order valence-corrected chi connectivity index (χ3v) is 3.57. The van der Waals surface area contributed by atoms with E-state index < -0.39 is 6.10 Å². The van der Waals surface area contributed by atoms with E-state index in [0.29, 0.717) is 6.42 Å². The van der Waals surface area contributed by atoms with E-state index in [4.69, 9.17) is 4.42 Å². The summed E-state index contributed by atoms with van der Waals surface area (Å²) in [7, 11) is 0. The highest BCUT2D eigenvalue weighted by molar-refractivity contribution is 7.17. The van der Waals surface area contributed by atoms with Crippen molar-refractivity contribution < 1.29 is 9.52 Å². The molecule has 0 fully saturated rings. The Hall–Kier alpha value is -1.65. The Balaban J connectivity index is 1.87. The van der Waals surface area contributed by atoms with Gasteiger partial charge < -0.3 is 9.52 Å². The third-order valence-electron chi connectivity index (χ3n) is 2.72. The molecule has 0 aliphatic heterocycles. The molecule has 3 aromatic rings. The lowest BCUT2D eigenvalue weighted by molar-refractivity contribution is 0.178. The molecule has 3 rings (SSSR count). The number of hydrogen-bond donors (Lipinski definition) is 1. The molecule has 1 atom stereocenters. The molecule has 1 N–H and O–H groups in total. The Morgan fingerprint density at radius 1 is 1.41 bits per heavy atom. The van der Waals surface area contributed by atoms with Crippen LogP contribution in [0.25, 0.3) is 10.2 Å². The zero-order chi connectivity index (χ0) is 11.7. The Bertz CT molecular complexity index is 615. The molecule has 0 radical (unpaired) electrons. The van der Waals surface area contributed by atoms with Gasteiger partial charge in [0.25, 0.3) is 0 Å². The van der Waals surface area contributed by atoms with Crippen molar-refractivity contribution in [1.82, 2.24) is 4.98 Å². The molecule has 17 heavy (non-hydrogen) atoms. The smallest absolute Gasteiger partial charge is 0.0935 e. The zero-order valence-electron chi connectivity index (χ0n) is 9.04. The maximum Gasteiger partial charge on any atom is 0.0935 e. The highest BCUT2D eigenvalue weighted by atomic mass is 32.1. The lowest BCUT2D eigenvalue weighted by Gasteiger charge is -2.08. The molecule has 3 heterocycles. The first-order valence-electron chi connectivity index (χ1n) is 5.35. The molecule has 0 saturated heterocycles. The van der Waals surface area contributed by atoms with E-state index in [2.05, 4.69) is 4.98 Å². The molecule has 3 nitrogen and oxygen atoms in total. The van der Waals surface area contributed by atoms with Crippen molar-refractivity contribution in [2.45, 2.75) is 12.5 Å². The third kappa shape index (κ3) is 2.09. The second kappa shape index (κ2) is 4.31. The molecule has 0 aliphatic carbocycles. The predicted octanol–water partition coefficient (Wildman–Crippen LogP) is 3.17. The number of pyridine rings is 1. The lowest BCUT2D eigenvalue weighted by atomic mass is 10.1. The summed E-state index contributed by atoms with van der Waals surface area (Å²) < 4.78 is 6.09. The summed E-state index contributed by atoms with van der Waals surface area (Å²) in [5.41, 5.74) is 2.82. The number of fused-ring (bicyclic) bond motifs is 1. The van der Waals surface area contributed by atoms with E-state index in [1.54, 1.807) is 30.1 Å². The number of aliphatic hydroxyl groups excluding tert-OH is 1. The van der Waals surface area contributed by atoms with Crippen LogP contribution in [0.4, 0.5) is 0 Å². The van der Waals surface area contributed by atoms with Gasteiger partial charge in [-0.1, -0.05) is 0 Å². The van der Waals surface area contributed by atoms with Gasteiger partial charge in [-0.05, 0) is 29.1 Å². The van der Waals surface area contributed by atoms with Crippen LogP contribution >= 0.6 is 11.3 Å². The van der Waals surface area contributed by atoms with Crippen LogP contribution in [0.15, 0.2) is 46.7 Å². The van der Waals surface area contributed by atoms with Gasteiger partial charge in [0.1, 0.15) is 0 Å². The summed E-state index contributed by atoms with van der Waals surface area (Å²) >= 11 is 1.63. The van der Waals surface area contributed by atoms with E-state index >= 15 is 0 Å². The van der Waals surface area contributed by atoms with Gasteiger partial charge in [-0.15, -0.1) is 11.3 Å². The minimum absolute atomic E-state index is 0.536. The van der Waals surface area contributed by atoms with Gasteiger partial charge in [-0.2, -0.15) is 0 Å². The lowest BCUT2D eigenvalue weighted by Crippen LogP contribution is -2.01. The molecule has 3 aromatic heterocycles. The molecule has 86 valence electrons. The van der Waals surface area contributed by atoms with E-state index in [1.165, 1.54) is 0 Å². The van der Waals surface area contributed by atoms with Crippen molar-refractivity contribution in [2.24, 2.45) is 0 Å². The van der Waals surface area contributed by atoms with Crippen LogP contribution in [0.5, 0.6) is 0 Å². The highest BCUT2D eigenvalue weighted by Crippen LogP contribution is 2.24. The first kappa shape index (κ1) is 10.5. The fourth-order valence-electron chi connectivity index (χ4n) is 1.79. The number of furan rings is 1. The molecule has 0 aliphatic rings. The number of nitrogens with zero attached hydrogens (tertiary/aromatic N) is 1. The summed E-state index contributed by atoms with van der Waals surface area (Å²) in [5.74, 6) is 0. The van der Waals surface area contributed by atoms with Gasteiger partial charge in [0.05, 0.1) is 28.8 Å². The number of rotatable bonds is 3. The van der Waals surface area contributed by atoms with Gasteiger partial charge >= 0.3 is 0 Å². The van der Waals surface area contributed by atoms with Crippen LogP contribution in [-0.4, -0.2) is 10.1 Å². The second-order valence-corrected chi connectivity index (χ2v) is 4.87. The summed E-state index contributed by atoms with van der Waals surface area (Å²) in [6.45, 7) is 0. The van der Waals surface area contributed by atoms with Crippen molar-refractivity contribution in [3.8, 4) is 0 Å². The number of aliphatic hydroxyl groups is 1. The molecule has 1 unspecified atom stereocenters. The van der Waals surface area contributed by atoms with Crippen LogP contribution in [0.1, 0.15) is 17.2 Å². The summed E-state index contributed by atoms with van der Waals surface area (Å²) in [5, 5.41) is 12.1. The van der Waals surface area contributed by atoms with Crippen LogP contribution in [-0.2, 0) is 6.42 Å². The largest absolute Gasteiger partial charge is 0.472 e. The molecular weight excluding hydrogens is 234 g/mol. The van der Waals surface area contributed by atoms with E-state index in [-0.39, 0.29) is 0 Å². The molecule has 0 spiro atoms. The highest BCUT2D eigenvalue weighted by Gasteiger charge is 2.11. The number of thiophene rings is 1. The predicted molar refractivity (Wildman–Crippen MR) is 67.0 cm³/mol. The van der Waals surface area contributed by atoms with Crippen molar-refractivity contribution in [3.05, 3.63) is 53.4 Å². The number of aromatic nitrogens is 1. The van der Waals surface area contributed by atoms with Crippen molar-refractivity contribution in [2.75, 3.05) is 0 Å². The molecule has 0 aromatic carbocycles. The normalized spacial score (nSPS) is 13.0. The van der Waals surface area contributed by atoms with Crippen LogP contribution < -0.4 is 0 Å². The Morgan fingerprint density at radius 3 is 3.18 bits per heavy atom. The maximum atomic E-state index is 10.1. The SMILES string of the molecule is OC(Cc1ccoc1)c1cnc2ccsc2c1. The van der Waals surface area contributed by atoms with Crippen molar-refractivity contribution in [1.29, 1.82) is 0 Å². The monoisotopic (exact) mass is 245 g/mol. The van der Waals surface area contributed by atoms with Crippen molar-refractivity contribution >= 4 is 21.6 Å². The van der Waals surface area contributed by atoms with Crippen LogP contribution in [0.3, 0.4) is 0 Å². The fourth-order valence-corrected chi connectivity index (χ4v) is 2.58. The Labute approximate surface area is 102 Å². The van der Waals surface area contributed by atoms with Gasteiger partial charge in [0, 0.05) is 18.2 Å². The minimum atomic E-state index is -0.536. The van der Waals surface area contributed by atoms with Gasteiger partial charge in [-0.25, -0.2) is 0 Å². The summed E-state index contributed by atoms with van der Waals surface area (Å²) in [6.07, 6.45) is 5.02. The second-order valence-electron chi connectivity index (χ2n) is 3.92. The molecule has 0 saturated carbocycles. The van der Waals surface area contributed by atoms with Crippen molar-refractivity contribution in [3.63, 3.8) is 0 Å².